The molecule has 0 aliphatic heterocycles. The second kappa shape index (κ2) is 7.25. The summed E-state index contributed by atoms with van der Waals surface area (Å²) in [5, 5.41) is 0. The number of rotatable bonds is 8. The van der Waals surface area contributed by atoms with Crippen molar-refractivity contribution in [2.45, 2.75) is 19.8 Å². The Morgan fingerprint density at radius 3 is 2.53 bits per heavy atom. The van der Waals surface area contributed by atoms with E-state index >= 15 is 0 Å². The standard InChI is InChI=1S/C11H18N2O5S/c1-4-17-11-8-10(16-2)12-9(13-11)6-5-7-18-19(3,14)15/h8H,4-7H2,1-3H3. The minimum atomic E-state index is -3.40. The first-order valence-electron chi connectivity index (χ1n) is 5.83. The SMILES string of the molecule is CCOc1cc(OC)nc(CCCOS(C)(=O)=O)n1. The molecule has 8 heteroatoms. The highest BCUT2D eigenvalue weighted by Gasteiger charge is 2.07. The monoisotopic (exact) mass is 290 g/mol. The summed E-state index contributed by atoms with van der Waals surface area (Å²) in [6, 6.07) is 1.60. The van der Waals surface area contributed by atoms with E-state index in [0.717, 1.165) is 6.26 Å². The van der Waals surface area contributed by atoms with E-state index in [2.05, 4.69) is 14.2 Å². The van der Waals surface area contributed by atoms with Gasteiger partial charge in [-0.2, -0.15) is 18.4 Å². The van der Waals surface area contributed by atoms with Crippen molar-refractivity contribution in [3.8, 4) is 11.8 Å². The van der Waals surface area contributed by atoms with Gasteiger partial charge in [-0.1, -0.05) is 0 Å². The van der Waals surface area contributed by atoms with Gasteiger partial charge in [0.25, 0.3) is 10.1 Å². The van der Waals surface area contributed by atoms with Gasteiger partial charge in [0.2, 0.25) is 11.8 Å². The molecule has 0 N–H and O–H groups in total. The van der Waals surface area contributed by atoms with E-state index in [1.54, 1.807) is 6.07 Å². The van der Waals surface area contributed by atoms with Gasteiger partial charge in [-0.3, -0.25) is 4.18 Å². The molecule has 1 aromatic rings. The third kappa shape index (κ3) is 6.35. The number of hydrogen-bond donors (Lipinski definition) is 0. The molecule has 0 bridgehead atoms. The van der Waals surface area contributed by atoms with Crippen LogP contribution in [-0.4, -0.2) is 45.0 Å². The fraction of sp³-hybridized carbons (Fsp3) is 0.636. The van der Waals surface area contributed by atoms with E-state index in [-0.39, 0.29) is 6.61 Å². The maximum Gasteiger partial charge on any atom is 0.264 e. The quantitative estimate of drug-likeness (QED) is 0.516. The van der Waals surface area contributed by atoms with Crippen LogP contribution in [0.25, 0.3) is 0 Å². The van der Waals surface area contributed by atoms with Crippen LogP contribution in [0, 0.1) is 0 Å². The maximum absolute atomic E-state index is 10.8. The molecule has 0 aliphatic carbocycles. The topological polar surface area (TPSA) is 87.6 Å². The van der Waals surface area contributed by atoms with Crippen LogP contribution in [0.5, 0.6) is 11.8 Å². The summed E-state index contributed by atoms with van der Waals surface area (Å²) in [5.41, 5.74) is 0. The molecule has 0 saturated carbocycles. The number of aromatic nitrogens is 2. The fourth-order valence-electron chi connectivity index (χ4n) is 1.33. The van der Waals surface area contributed by atoms with Gasteiger partial charge in [-0.15, -0.1) is 0 Å². The van der Waals surface area contributed by atoms with Gasteiger partial charge in [0.05, 0.1) is 32.6 Å². The average Bonchev–Trinajstić information content (AvgIpc) is 2.34. The molecule has 7 nitrogen and oxygen atoms in total. The van der Waals surface area contributed by atoms with Crippen LogP contribution in [0.3, 0.4) is 0 Å². The number of nitrogens with zero attached hydrogens (tertiary/aromatic N) is 2. The van der Waals surface area contributed by atoms with Crippen LogP contribution in [0.15, 0.2) is 6.07 Å². The summed E-state index contributed by atoms with van der Waals surface area (Å²) >= 11 is 0. The molecule has 0 amide bonds. The number of hydrogen-bond acceptors (Lipinski definition) is 7. The average molecular weight is 290 g/mol. The molecule has 108 valence electrons. The van der Waals surface area contributed by atoms with Crippen LogP contribution >= 0.6 is 0 Å². The molecule has 1 heterocycles. The minimum Gasteiger partial charge on any atom is -0.481 e. The Labute approximate surface area is 113 Å². The minimum absolute atomic E-state index is 0.101. The normalized spacial score (nSPS) is 11.3. The van der Waals surface area contributed by atoms with Crippen molar-refractivity contribution in [3.63, 3.8) is 0 Å². The summed E-state index contributed by atoms with van der Waals surface area (Å²) in [7, 11) is -1.89. The number of methoxy groups -OCH3 is 1. The Balaban J connectivity index is 2.59. The van der Waals surface area contributed by atoms with Gasteiger partial charge in [0, 0.05) is 6.42 Å². The van der Waals surface area contributed by atoms with E-state index in [0.29, 0.717) is 37.0 Å². The van der Waals surface area contributed by atoms with Gasteiger partial charge in [0.1, 0.15) is 5.82 Å². The van der Waals surface area contributed by atoms with Crippen molar-refractivity contribution in [2.24, 2.45) is 0 Å². The molecule has 0 fully saturated rings. The molecule has 0 aromatic carbocycles. The van der Waals surface area contributed by atoms with Crippen molar-refractivity contribution < 1.29 is 22.1 Å². The molecule has 0 saturated heterocycles. The van der Waals surface area contributed by atoms with Crippen molar-refractivity contribution in [1.29, 1.82) is 0 Å². The fourth-order valence-corrected chi connectivity index (χ4v) is 1.75. The molecule has 0 atom stereocenters. The molecule has 1 rings (SSSR count). The molecule has 0 radical (unpaired) electrons. The summed E-state index contributed by atoms with van der Waals surface area (Å²) < 4.78 is 36.6. The first-order chi connectivity index (χ1) is 8.94. The molecule has 1 aromatic heterocycles. The lowest BCUT2D eigenvalue weighted by molar-refractivity contribution is 0.308. The second-order valence-electron chi connectivity index (χ2n) is 3.73. The van der Waals surface area contributed by atoms with Gasteiger partial charge in [-0.25, -0.2) is 0 Å². The smallest absolute Gasteiger partial charge is 0.264 e. The van der Waals surface area contributed by atoms with Crippen LogP contribution < -0.4 is 9.47 Å². The van der Waals surface area contributed by atoms with Crippen LogP contribution in [0.4, 0.5) is 0 Å². The lowest BCUT2D eigenvalue weighted by Gasteiger charge is -2.07. The summed E-state index contributed by atoms with van der Waals surface area (Å²) in [6.07, 6.45) is 1.99. The zero-order valence-electron chi connectivity index (χ0n) is 11.2. The van der Waals surface area contributed by atoms with E-state index in [1.165, 1.54) is 7.11 Å². The van der Waals surface area contributed by atoms with Gasteiger partial charge in [-0.05, 0) is 13.3 Å². The molecule has 0 spiro atoms. The Morgan fingerprint density at radius 1 is 1.26 bits per heavy atom. The predicted molar refractivity (Wildman–Crippen MR) is 68.9 cm³/mol. The lowest BCUT2D eigenvalue weighted by atomic mass is 10.3. The Morgan fingerprint density at radius 2 is 1.95 bits per heavy atom. The van der Waals surface area contributed by atoms with E-state index in [1.807, 2.05) is 6.92 Å². The molecule has 0 aliphatic rings. The molecular formula is C11H18N2O5S. The van der Waals surface area contributed by atoms with Crippen molar-refractivity contribution in [2.75, 3.05) is 26.6 Å². The summed E-state index contributed by atoms with van der Waals surface area (Å²) in [5.74, 6) is 1.38. The molecular weight excluding hydrogens is 272 g/mol. The molecule has 19 heavy (non-hydrogen) atoms. The number of aryl methyl sites for hydroxylation is 1. The Bertz CT molecular complexity index is 504. The first kappa shape index (κ1) is 15.6. The predicted octanol–water partition coefficient (Wildman–Crippen LogP) is 0.793. The Hall–Kier alpha value is -1.41. The molecule has 0 unspecified atom stereocenters. The summed E-state index contributed by atoms with van der Waals surface area (Å²) in [6.45, 7) is 2.45. The van der Waals surface area contributed by atoms with E-state index in [9.17, 15) is 8.42 Å². The zero-order chi connectivity index (χ0) is 14.3. The van der Waals surface area contributed by atoms with Crippen molar-refractivity contribution in [3.05, 3.63) is 11.9 Å². The van der Waals surface area contributed by atoms with E-state index < -0.39 is 10.1 Å². The van der Waals surface area contributed by atoms with Gasteiger partial charge >= 0.3 is 0 Å². The first-order valence-corrected chi connectivity index (χ1v) is 7.65. The largest absolute Gasteiger partial charge is 0.481 e. The van der Waals surface area contributed by atoms with Gasteiger partial charge in [0.15, 0.2) is 0 Å². The van der Waals surface area contributed by atoms with Crippen molar-refractivity contribution in [1.82, 2.24) is 9.97 Å². The number of ether oxygens (including phenoxy) is 2. The van der Waals surface area contributed by atoms with Crippen molar-refractivity contribution >= 4 is 10.1 Å². The Kier molecular flexibility index (Phi) is 5.97. The maximum atomic E-state index is 10.8. The third-order valence-electron chi connectivity index (χ3n) is 2.07. The van der Waals surface area contributed by atoms with Crippen LogP contribution in [0.2, 0.25) is 0 Å². The third-order valence-corrected chi connectivity index (χ3v) is 2.66. The highest BCUT2D eigenvalue weighted by atomic mass is 32.2. The highest BCUT2D eigenvalue weighted by molar-refractivity contribution is 7.85. The zero-order valence-corrected chi connectivity index (χ0v) is 12.1. The van der Waals surface area contributed by atoms with Crippen LogP contribution in [-0.2, 0) is 20.7 Å². The lowest BCUT2D eigenvalue weighted by Crippen LogP contribution is -2.07. The second-order valence-corrected chi connectivity index (χ2v) is 5.37. The highest BCUT2D eigenvalue weighted by Crippen LogP contribution is 2.16. The van der Waals surface area contributed by atoms with Gasteiger partial charge < -0.3 is 9.47 Å². The van der Waals surface area contributed by atoms with Crippen LogP contribution in [0.1, 0.15) is 19.2 Å². The summed E-state index contributed by atoms with van der Waals surface area (Å²) in [4.78, 5) is 8.34. The van der Waals surface area contributed by atoms with E-state index in [4.69, 9.17) is 9.47 Å².